The maximum atomic E-state index is 10.9. The van der Waals surface area contributed by atoms with Crippen LogP contribution in [0.4, 0.5) is 5.69 Å². The lowest BCUT2D eigenvalue weighted by molar-refractivity contribution is 0.0697. The second-order valence-corrected chi connectivity index (χ2v) is 2.97. The first-order chi connectivity index (χ1) is 7.16. The van der Waals surface area contributed by atoms with Crippen molar-refractivity contribution in [3.05, 3.63) is 28.8 Å². The van der Waals surface area contributed by atoms with E-state index in [-0.39, 0.29) is 22.9 Å². The second-order valence-electron chi connectivity index (χ2n) is 2.56. The summed E-state index contributed by atoms with van der Waals surface area (Å²) in [5, 5.41) is 9.02. The predicted molar refractivity (Wildman–Crippen MR) is 56.8 cm³/mol. The molecule has 0 aromatic heterocycles. The molecule has 5 heteroatoms. The van der Waals surface area contributed by atoms with Gasteiger partial charge in [0.25, 0.3) is 0 Å². The summed E-state index contributed by atoms with van der Waals surface area (Å²) in [4.78, 5) is 15.7. The molecule has 0 radical (unpaired) electrons. The SMILES string of the molecule is C#CCONc1cccc(Cl)c1C(=O)O. The van der Waals surface area contributed by atoms with E-state index >= 15 is 0 Å². The number of carboxylic acid groups (broad SMARTS) is 1. The quantitative estimate of drug-likeness (QED) is 0.468. The van der Waals surface area contributed by atoms with Crippen molar-refractivity contribution < 1.29 is 14.7 Å². The molecule has 0 amide bonds. The van der Waals surface area contributed by atoms with Gasteiger partial charge in [-0.3, -0.25) is 10.3 Å². The fourth-order valence-electron chi connectivity index (χ4n) is 0.982. The standard InChI is InChI=1S/C10H8ClNO3/c1-2-6-15-12-8-5-3-4-7(11)9(8)10(13)14/h1,3-5,12H,6H2,(H,13,14). The van der Waals surface area contributed by atoms with Crippen molar-refractivity contribution in [3.8, 4) is 12.3 Å². The maximum absolute atomic E-state index is 10.9. The second kappa shape index (κ2) is 5.25. The van der Waals surface area contributed by atoms with E-state index in [1.54, 1.807) is 6.07 Å². The van der Waals surface area contributed by atoms with E-state index in [9.17, 15) is 4.79 Å². The number of carboxylic acids is 1. The molecule has 0 spiro atoms. The molecule has 15 heavy (non-hydrogen) atoms. The Labute approximate surface area is 91.8 Å². The van der Waals surface area contributed by atoms with Crippen LogP contribution in [0.2, 0.25) is 5.02 Å². The van der Waals surface area contributed by atoms with Gasteiger partial charge in [-0.2, -0.15) is 0 Å². The van der Waals surface area contributed by atoms with Crippen molar-refractivity contribution in [3.63, 3.8) is 0 Å². The highest BCUT2D eigenvalue weighted by Crippen LogP contribution is 2.24. The molecule has 0 unspecified atom stereocenters. The zero-order valence-corrected chi connectivity index (χ0v) is 8.41. The molecule has 4 nitrogen and oxygen atoms in total. The third-order valence-electron chi connectivity index (χ3n) is 1.57. The highest BCUT2D eigenvalue weighted by molar-refractivity contribution is 6.34. The van der Waals surface area contributed by atoms with Crippen LogP contribution in [0, 0.1) is 12.3 Å². The van der Waals surface area contributed by atoms with E-state index < -0.39 is 5.97 Å². The van der Waals surface area contributed by atoms with Crippen LogP contribution in [0.5, 0.6) is 0 Å². The lowest BCUT2D eigenvalue weighted by Gasteiger charge is -2.08. The Hall–Kier alpha value is -1.70. The van der Waals surface area contributed by atoms with E-state index in [4.69, 9.17) is 28.0 Å². The van der Waals surface area contributed by atoms with Gasteiger partial charge in [0.2, 0.25) is 0 Å². The smallest absolute Gasteiger partial charge is 0.339 e. The zero-order chi connectivity index (χ0) is 11.3. The van der Waals surface area contributed by atoms with Crippen LogP contribution in [0.1, 0.15) is 10.4 Å². The molecule has 0 aliphatic carbocycles. The van der Waals surface area contributed by atoms with Crippen LogP contribution < -0.4 is 5.48 Å². The number of anilines is 1. The van der Waals surface area contributed by atoms with Gasteiger partial charge in [-0.25, -0.2) is 4.79 Å². The molecule has 0 fully saturated rings. The summed E-state index contributed by atoms with van der Waals surface area (Å²) in [7, 11) is 0. The Kier molecular flexibility index (Phi) is 3.98. The minimum Gasteiger partial charge on any atom is -0.478 e. The van der Waals surface area contributed by atoms with E-state index in [1.165, 1.54) is 12.1 Å². The molecule has 1 aromatic carbocycles. The van der Waals surface area contributed by atoms with Crippen molar-refractivity contribution in [2.45, 2.75) is 0 Å². The summed E-state index contributed by atoms with van der Waals surface area (Å²) < 4.78 is 0. The Bertz CT molecular complexity index is 412. The molecule has 0 atom stereocenters. The number of carbonyl (C=O) groups is 1. The number of hydrogen-bond donors (Lipinski definition) is 2. The molecule has 0 bridgehead atoms. The van der Waals surface area contributed by atoms with Crippen LogP contribution in [0.3, 0.4) is 0 Å². The fourth-order valence-corrected chi connectivity index (χ4v) is 1.24. The Morgan fingerprint density at radius 2 is 2.40 bits per heavy atom. The summed E-state index contributed by atoms with van der Waals surface area (Å²) in [6.45, 7) is 0.0333. The van der Waals surface area contributed by atoms with Crippen LogP contribution >= 0.6 is 11.6 Å². The summed E-state index contributed by atoms with van der Waals surface area (Å²) in [6.07, 6.45) is 4.96. The predicted octanol–water partition coefficient (Wildman–Crippen LogP) is 2.01. The zero-order valence-electron chi connectivity index (χ0n) is 7.66. The average Bonchev–Trinajstić information content (AvgIpc) is 2.17. The number of aromatic carboxylic acids is 1. The molecule has 0 aliphatic rings. The van der Waals surface area contributed by atoms with Crippen molar-refractivity contribution >= 4 is 23.3 Å². The lowest BCUT2D eigenvalue weighted by atomic mass is 10.2. The Morgan fingerprint density at radius 3 is 3.00 bits per heavy atom. The summed E-state index contributed by atoms with van der Waals surface area (Å²) in [5.41, 5.74) is 2.65. The first-order valence-electron chi connectivity index (χ1n) is 4.00. The highest BCUT2D eigenvalue weighted by atomic mass is 35.5. The third-order valence-corrected chi connectivity index (χ3v) is 1.88. The molecular weight excluding hydrogens is 218 g/mol. The van der Waals surface area contributed by atoms with Crippen LogP contribution in [0.15, 0.2) is 18.2 Å². The number of nitrogens with one attached hydrogen (secondary N) is 1. The van der Waals surface area contributed by atoms with Crippen molar-refractivity contribution in [2.24, 2.45) is 0 Å². The van der Waals surface area contributed by atoms with Gasteiger partial charge in [-0.05, 0) is 12.1 Å². The van der Waals surface area contributed by atoms with Gasteiger partial charge < -0.3 is 5.11 Å². The monoisotopic (exact) mass is 225 g/mol. The van der Waals surface area contributed by atoms with Gasteiger partial charge >= 0.3 is 5.97 Å². The summed E-state index contributed by atoms with van der Waals surface area (Å²) in [5.74, 6) is 1.10. The minimum absolute atomic E-state index is 0.0333. The number of rotatable bonds is 4. The van der Waals surface area contributed by atoms with Gasteiger partial charge in [0.05, 0.1) is 10.7 Å². The maximum Gasteiger partial charge on any atom is 0.339 e. The van der Waals surface area contributed by atoms with Crippen molar-refractivity contribution in [2.75, 3.05) is 12.1 Å². The van der Waals surface area contributed by atoms with Crippen LogP contribution in [0.25, 0.3) is 0 Å². The number of benzene rings is 1. The van der Waals surface area contributed by atoms with E-state index in [0.29, 0.717) is 0 Å². The molecule has 0 heterocycles. The van der Waals surface area contributed by atoms with E-state index in [0.717, 1.165) is 0 Å². The summed E-state index contributed by atoms with van der Waals surface area (Å²) >= 11 is 5.72. The number of terminal acetylenes is 1. The third kappa shape index (κ3) is 2.88. The first-order valence-corrected chi connectivity index (χ1v) is 4.37. The molecule has 78 valence electrons. The molecule has 1 aromatic rings. The van der Waals surface area contributed by atoms with Crippen LogP contribution in [-0.2, 0) is 4.84 Å². The molecule has 0 aliphatic heterocycles. The lowest BCUT2D eigenvalue weighted by Crippen LogP contribution is -2.08. The molecule has 1 rings (SSSR count). The number of halogens is 1. The number of hydrogen-bond acceptors (Lipinski definition) is 3. The average molecular weight is 226 g/mol. The van der Waals surface area contributed by atoms with Gasteiger partial charge in [0.15, 0.2) is 0 Å². The van der Waals surface area contributed by atoms with E-state index in [1.807, 2.05) is 0 Å². The van der Waals surface area contributed by atoms with Crippen molar-refractivity contribution in [1.29, 1.82) is 0 Å². The van der Waals surface area contributed by atoms with Gasteiger partial charge in [0.1, 0.15) is 12.2 Å². The minimum atomic E-state index is -1.13. The van der Waals surface area contributed by atoms with Gasteiger partial charge in [-0.15, -0.1) is 6.42 Å². The van der Waals surface area contributed by atoms with E-state index in [2.05, 4.69) is 11.4 Å². The Morgan fingerprint density at radius 1 is 1.67 bits per heavy atom. The highest BCUT2D eigenvalue weighted by Gasteiger charge is 2.13. The van der Waals surface area contributed by atoms with Crippen molar-refractivity contribution in [1.82, 2.24) is 0 Å². The van der Waals surface area contributed by atoms with Gasteiger partial charge in [-0.1, -0.05) is 23.6 Å². The molecule has 0 saturated carbocycles. The Balaban J connectivity index is 2.92. The molecule has 0 saturated heterocycles. The topological polar surface area (TPSA) is 58.6 Å². The molecule has 2 N–H and O–H groups in total. The van der Waals surface area contributed by atoms with Gasteiger partial charge in [0, 0.05) is 0 Å². The summed E-state index contributed by atoms with van der Waals surface area (Å²) in [6, 6.07) is 4.62. The normalized spacial score (nSPS) is 9.33. The van der Waals surface area contributed by atoms with Crippen LogP contribution in [-0.4, -0.2) is 17.7 Å². The molecular formula is C10H8ClNO3. The first kappa shape index (κ1) is 11.4. The fraction of sp³-hybridized carbons (Fsp3) is 0.100. The largest absolute Gasteiger partial charge is 0.478 e.